The highest BCUT2D eigenvalue weighted by Crippen LogP contribution is 2.30. The zero-order valence-electron chi connectivity index (χ0n) is 12.5. The molecule has 0 saturated carbocycles. The summed E-state index contributed by atoms with van der Waals surface area (Å²) in [6.07, 6.45) is 4.14. The van der Waals surface area contributed by atoms with Crippen molar-refractivity contribution in [2.45, 2.75) is 20.3 Å². The number of amides is 2. The Hall–Kier alpha value is -2.57. The first-order valence-electron chi connectivity index (χ1n) is 7.12. The van der Waals surface area contributed by atoms with Gasteiger partial charge in [0.05, 0.1) is 16.8 Å². The van der Waals surface area contributed by atoms with Crippen molar-refractivity contribution in [2.75, 3.05) is 18.4 Å². The predicted octanol–water partition coefficient (Wildman–Crippen LogP) is 1.97. The number of carbonyl (C=O) groups is 2. The van der Waals surface area contributed by atoms with Gasteiger partial charge in [-0.3, -0.25) is 4.79 Å². The van der Waals surface area contributed by atoms with Crippen molar-refractivity contribution in [1.82, 2.24) is 14.3 Å². The highest BCUT2D eigenvalue weighted by Gasteiger charge is 2.42. The van der Waals surface area contributed by atoms with Gasteiger partial charge < -0.3 is 19.7 Å². The highest BCUT2D eigenvalue weighted by molar-refractivity contribution is 5.90. The van der Waals surface area contributed by atoms with Gasteiger partial charge in [0.25, 0.3) is 0 Å². The highest BCUT2D eigenvalue weighted by atomic mass is 16.4. The molecule has 0 aromatic carbocycles. The molecule has 2 N–H and O–H groups in total. The fourth-order valence-corrected chi connectivity index (χ4v) is 2.70. The van der Waals surface area contributed by atoms with Crippen LogP contribution in [-0.2, 0) is 4.79 Å². The summed E-state index contributed by atoms with van der Waals surface area (Å²) in [5, 5.41) is 12.0. The number of rotatable bonds is 2. The van der Waals surface area contributed by atoms with Crippen LogP contribution in [0.2, 0.25) is 0 Å². The van der Waals surface area contributed by atoms with E-state index in [0.29, 0.717) is 18.7 Å². The van der Waals surface area contributed by atoms with E-state index in [1.54, 1.807) is 19.2 Å². The molecule has 1 aliphatic heterocycles. The monoisotopic (exact) mass is 302 g/mol. The molecule has 1 aliphatic rings. The number of nitrogens with one attached hydrogen (secondary N) is 1. The van der Waals surface area contributed by atoms with E-state index in [1.807, 2.05) is 23.6 Å². The molecular formula is C15H18N4O3. The number of carboxylic acid groups (broad SMARTS) is 1. The maximum absolute atomic E-state index is 12.3. The number of aryl methyl sites for hydroxylation is 1. The van der Waals surface area contributed by atoms with Crippen molar-refractivity contribution >= 4 is 23.3 Å². The number of anilines is 1. The summed E-state index contributed by atoms with van der Waals surface area (Å²) < 4.78 is 1.84. The number of hydrogen-bond donors (Lipinski definition) is 2. The number of fused-ring (bicyclic) bond motifs is 1. The van der Waals surface area contributed by atoms with Crippen LogP contribution in [0.1, 0.15) is 19.0 Å². The molecule has 2 aromatic heterocycles. The van der Waals surface area contributed by atoms with Gasteiger partial charge in [0.2, 0.25) is 0 Å². The van der Waals surface area contributed by atoms with Gasteiger partial charge in [-0.1, -0.05) is 0 Å². The van der Waals surface area contributed by atoms with Crippen LogP contribution in [0, 0.1) is 12.3 Å². The molecule has 0 spiro atoms. The van der Waals surface area contributed by atoms with Crippen molar-refractivity contribution in [1.29, 1.82) is 0 Å². The first-order chi connectivity index (χ1) is 10.4. The minimum absolute atomic E-state index is 0.223. The van der Waals surface area contributed by atoms with Gasteiger partial charge >= 0.3 is 12.0 Å². The minimum Gasteiger partial charge on any atom is -0.481 e. The second-order valence-electron chi connectivity index (χ2n) is 6.03. The summed E-state index contributed by atoms with van der Waals surface area (Å²) in [4.78, 5) is 29.4. The molecule has 1 atom stereocenters. The molecule has 22 heavy (non-hydrogen) atoms. The van der Waals surface area contributed by atoms with Crippen LogP contribution in [0.25, 0.3) is 5.65 Å². The van der Waals surface area contributed by atoms with Crippen molar-refractivity contribution < 1.29 is 14.7 Å². The lowest BCUT2D eigenvalue weighted by Crippen LogP contribution is -2.37. The van der Waals surface area contributed by atoms with Gasteiger partial charge in [0.1, 0.15) is 5.65 Å². The van der Waals surface area contributed by atoms with Gasteiger partial charge in [-0.05, 0) is 32.4 Å². The van der Waals surface area contributed by atoms with Crippen LogP contribution in [0.15, 0.2) is 24.5 Å². The Morgan fingerprint density at radius 2 is 2.14 bits per heavy atom. The van der Waals surface area contributed by atoms with E-state index < -0.39 is 11.4 Å². The summed E-state index contributed by atoms with van der Waals surface area (Å²) >= 11 is 0. The molecular weight excluding hydrogens is 284 g/mol. The lowest BCUT2D eigenvalue weighted by molar-refractivity contribution is -0.146. The number of hydrogen-bond acceptors (Lipinski definition) is 3. The van der Waals surface area contributed by atoms with Crippen molar-refractivity contribution in [3.63, 3.8) is 0 Å². The topological polar surface area (TPSA) is 86.9 Å². The predicted molar refractivity (Wildman–Crippen MR) is 80.9 cm³/mol. The molecule has 0 radical (unpaired) electrons. The number of aromatic nitrogens is 2. The van der Waals surface area contributed by atoms with E-state index in [2.05, 4.69) is 10.3 Å². The van der Waals surface area contributed by atoms with E-state index in [1.165, 1.54) is 4.90 Å². The molecule has 3 heterocycles. The molecule has 0 bridgehead atoms. The molecule has 1 unspecified atom stereocenters. The van der Waals surface area contributed by atoms with Gasteiger partial charge in [-0.25, -0.2) is 9.78 Å². The Kier molecular flexibility index (Phi) is 3.27. The van der Waals surface area contributed by atoms with Crippen molar-refractivity contribution in [3.8, 4) is 0 Å². The van der Waals surface area contributed by atoms with Gasteiger partial charge in [-0.2, -0.15) is 0 Å². The lowest BCUT2D eigenvalue weighted by atomic mass is 9.90. The Morgan fingerprint density at radius 3 is 2.82 bits per heavy atom. The van der Waals surface area contributed by atoms with Gasteiger partial charge in [-0.15, -0.1) is 0 Å². The summed E-state index contributed by atoms with van der Waals surface area (Å²) in [5.74, 6) is -0.863. The summed E-state index contributed by atoms with van der Waals surface area (Å²) in [6, 6.07) is 3.33. The standard InChI is InChI=1S/C15H18N4O3/c1-10-7-19-8-11(3-4-12(19)16-10)17-14(22)18-6-5-15(2,9-18)13(20)21/h3-4,7-8H,5-6,9H2,1-2H3,(H,17,22)(H,20,21). The number of carbonyl (C=O) groups excluding carboxylic acids is 1. The number of carboxylic acids is 1. The Morgan fingerprint density at radius 1 is 1.36 bits per heavy atom. The van der Waals surface area contributed by atoms with E-state index in [9.17, 15) is 14.7 Å². The third-order valence-corrected chi connectivity index (χ3v) is 4.10. The lowest BCUT2D eigenvalue weighted by Gasteiger charge is -2.20. The largest absolute Gasteiger partial charge is 0.481 e. The van der Waals surface area contributed by atoms with E-state index in [4.69, 9.17) is 0 Å². The fraction of sp³-hybridized carbons (Fsp3) is 0.400. The number of aliphatic carboxylic acids is 1. The number of pyridine rings is 1. The summed E-state index contributed by atoms with van der Waals surface area (Å²) in [5.41, 5.74) is 1.51. The molecule has 1 fully saturated rings. The van der Waals surface area contributed by atoms with Crippen LogP contribution >= 0.6 is 0 Å². The SMILES string of the molecule is Cc1cn2cc(NC(=O)N3CCC(C)(C(=O)O)C3)ccc2n1. The van der Waals surface area contributed by atoms with Crippen molar-refractivity contribution in [2.24, 2.45) is 5.41 Å². The zero-order chi connectivity index (χ0) is 15.9. The Balaban J connectivity index is 1.72. The second-order valence-corrected chi connectivity index (χ2v) is 6.03. The number of nitrogens with zero attached hydrogens (tertiary/aromatic N) is 3. The first kappa shape index (κ1) is 14.4. The van der Waals surface area contributed by atoms with Crippen LogP contribution in [0.3, 0.4) is 0 Å². The third-order valence-electron chi connectivity index (χ3n) is 4.10. The summed E-state index contributed by atoms with van der Waals surface area (Å²) in [6.45, 7) is 4.24. The minimum atomic E-state index is -0.863. The quantitative estimate of drug-likeness (QED) is 0.888. The molecule has 2 amide bonds. The molecule has 116 valence electrons. The van der Waals surface area contributed by atoms with Crippen LogP contribution in [0.4, 0.5) is 10.5 Å². The number of likely N-dealkylation sites (tertiary alicyclic amines) is 1. The average Bonchev–Trinajstić information content (AvgIpc) is 3.01. The number of urea groups is 1. The normalized spacial score (nSPS) is 21.3. The van der Waals surface area contributed by atoms with Crippen LogP contribution in [-0.4, -0.2) is 44.5 Å². The maximum atomic E-state index is 12.3. The second kappa shape index (κ2) is 5.01. The summed E-state index contributed by atoms with van der Waals surface area (Å²) in [7, 11) is 0. The molecule has 2 aromatic rings. The third kappa shape index (κ3) is 2.49. The van der Waals surface area contributed by atoms with E-state index in [0.717, 1.165) is 11.3 Å². The molecule has 0 aliphatic carbocycles. The average molecular weight is 302 g/mol. The van der Waals surface area contributed by atoms with Gasteiger partial charge in [0, 0.05) is 25.5 Å². The Labute approximate surface area is 127 Å². The smallest absolute Gasteiger partial charge is 0.321 e. The van der Waals surface area contributed by atoms with E-state index in [-0.39, 0.29) is 12.6 Å². The van der Waals surface area contributed by atoms with Crippen LogP contribution in [0.5, 0.6) is 0 Å². The Bertz CT molecular complexity index is 754. The van der Waals surface area contributed by atoms with E-state index >= 15 is 0 Å². The number of imidazole rings is 1. The first-order valence-corrected chi connectivity index (χ1v) is 7.12. The van der Waals surface area contributed by atoms with Crippen molar-refractivity contribution in [3.05, 3.63) is 30.2 Å². The fourth-order valence-electron chi connectivity index (χ4n) is 2.70. The molecule has 7 nitrogen and oxygen atoms in total. The van der Waals surface area contributed by atoms with Crippen LogP contribution < -0.4 is 5.32 Å². The maximum Gasteiger partial charge on any atom is 0.321 e. The molecule has 3 rings (SSSR count). The molecule has 7 heteroatoms. The van der Waals surface area contributed by atoms with Gasteiger partial charge in [0.15, 0.2) is 0 Å². The molecule has 1 saturated heterocycles. The zero-order valence-corrected chi connectivity index (χ0v) is 12.5.